The Morgan fingerprint density at radius 1 is 1.21 bits per heavy atom. The van der Waals surface area contributed by atoms with Crippen LogP contribution in [-0.2, 0) is 0 Å². The number of benzene rings is 2. The lowest BCUT2D eigenvalue weighted by Crippen LogP contribution is -2.43. The Hall–Kier alpha value is -3.57. The van der Waals surface area contributed by atoms with Gasteiger partial charge < -0.3 is 25.2 Å². The number of anilines is 2. The van der Waals surface area contributed by atoms with Crippen molar-refractivity contribution in [1.29, 1.82) is 5.26 Å². The van der Waals surface area contributed by atoms with Gasteiger partial charge in [-0.05, 0) is 57.2 Å². The maximum Gasteiger partial charge on any atom is 0.319 e. The minimum absolute atomic E-state index is 0.0213. The van der Waals surface area contributed by atoms with Crippen LogP contribution in [0.3, 0.4) is 0 Å². The second-order valence-electron chi connectivity index (χ2n) is 13.5. The van der Waals surface area contributed by atoms with Crippen molar-refractivity contribution in [3.05, 3.63) is 34.4 Å². The first-order chi connectivity index (χ1) is 22.5. The molecule has 0 spiro atoms. The largest absolute Gasteiger partial charge is 0.489 e. The number of ether oxygens (including phenoxy) is 2. The fourth-order valence-electron chi connectivity index (χ4n) is 8.18. The predicted molar refractivity (Wildman–Crippen MR) is 174 cm³/mol. The summed E-state index contributed by atoms with van der Waals surface area (Å²) in [6, 6.07) is 4.17. The number of nitrogens with zero attached hydrogens (tertiary/aromatic N) is 5. The van der Waals surface area contributed by atoms with Crippen LogP contribution in [0.15, 0.2) is 12.1 Å². The predicted octanol–water partition coefficient (Wildman–Crippen LogP) is 6.35. The van der Waals surface area contributed by atoms with Crippen molar-refractivity contribution < 1.29 is 27.8 Å². The average Bonchev–Trinajstić information content (AvgIpc) is 3.60. The molecule has 4 aliphatic rings. The number of rotatable bonds is 4. The fourth-order valence-corrected chi connectivity index (χ4v) is 9.46. The fraction of sp³-hybridized carbons (Fsp3) is 0.485. The Morgan fingerprint density at radius 2 is 2.02 bits per heavy atom. The zero-order valence-corrected chi connectivity index (χ0v) is 27.2. The maximum absolute atomic E-state index is 17.1. The number of nitrogen functional groups attached to an aromatic ring is 1. The van der Waals surface area contributed by atoms with Gasteiger partial charge in [-0.3, -0.25) is 4.90 Å². The number of thiophene rings is 1. The van der Waals surface area contributed by atoms with E-state index in [-0.39, 0.29) is 78.7 Å². The number of nitriles is 1. The number of nitrogens with two attached hydrogens (primary N) is 1. The summed E-state index contributed by atoms with van der Waals surface area (Å²) in [4.78, 5) is 13.5. The molecular formula is C33H32ClF3N6O3S. The number of fused-ring (bicyclic) bond motifs is 4. The molecule has 0 amide bonds. The first-order valence-electron chi connectivity index (χ1n) is 15.8. The van der Waals surface area contributed by atoms with Gasteiger partial charge in [0.25, 0.3) is 0 Å². The molecule has 3 N–H and O–H groups in total. The molecule has 4 aliphatic heterocycles. The molecule has 0 aliphatic carbocycles. The molecule has 9 nitrogen and oxygen atoms in total. The van der Waals surface area contributed by atoms with Crippen LogP contribution in [0.5, 0.6) is 11.8 Å². The normalized spacial score (nSPS) is 27.3. The molecule has 2 unspecified atom stereocenters. The highest BCUT2D eigenvalue weighted by Gasteiger charge is 2.49. The monoisotopic (exact) mass is 684 g/mol. The molecule has 4 atom stereocenters. The van der Waals surface area contributed by atoms with E-state index in [0.717, 1.165) is 30.7 Å². The van der Waals surface area contributed by atoms with E-state index in [4.69, 9.17) is 31.8 Å². The van der Waals surface area contributed by atoms with E-state index in [1.807, 2.05) is 11.0 Å². The topological polar surface area (TPSA) is 121 Å². The van der Waals surface area contributed by atoms with E-state index in [2.05, 4.69) is 9.88 Å². The SMILES string of the molecule is CC1(O)CCCN2c3nc(OC[C@@]45CCCN4C[C@H](F)C5)nc4c(F)c(-c5ccc(F)c6sc(N)c(C#N)c56)c(Cl)c(c34)OCC2C1. The first-order valence-corrected chi connectivity index (χ1v) is 17.0. The van der Waals surface area contributed by atoms with E-state index in [0.29, 0.717) is 44.6 Å². The van der Waals surface area contributed by atoms with Gasteiger partial charge in [0, 0.05) is 30.5 Å². The van der Waals surface area contributed by atoms with E-state index in [9.17, 15) is 19.1 Å². The van der Waals surface area contributed by atoms with Gasteiger partial charge in [0.05, 0.1) is 37.9 Å². The van der Waals surface area contributed by atoms with E-state index < -0.39 is 28.9 Å². The maximum atomic E-state index is 17.1. The number of aromatic nitrogens is 2. The number of alkyl halides is 1. The third kappa shape index (κ3) is 4.78. The summed E-state index contributed by atoms with van der Waals surface area (Å²) < 4.78 is 59.4. The summed E-state index contributed by atoms with van der Waals surface area (Å²) in [6.45, 7) is 3.69. The number of aliphatic hydroxyl groups is 1. The molecule has 2 aromatic heterocycles. The smallest absolute Gasteiger partial charge is 0.319 e. The molecule has 6 heterocycles. The zero-order chi connectivity index (χ0) is 32.8. The van der Waals surface area contributed by atoms with Crippen LogP contribution >= 0.6 is 22.9 Å². The van der Waals surface area contributed by atoms with Gasteiger partial charge in [0.1, 0.15) is 47.6 Å². The average molecular weight is 685 g/mol. The van der Waals surface area contributed by atoms with Gasteiger partial charge in [-0.2, -0.15) is 15.2 Å². The summed E-state index contributed by atoms with van der Waals surface area (Å²) in [5.74, 6) is -0.914. The lowest BCUT2D eigenvalue weighted by molar-refractivity contribution is 0.0361. The van der Waals surface area contributed by atoms with Crippen LogP contribution in [0.4, 0.5) is 24.0 Å². The number of hydrogen-bond acceptors (Lipinski definition) is 10. The van der Waals surface area contributed by atoms with Crippen molar-refractivity contribution in [3.8, 4) is 29.0 Å². The van der Waals surface area contributed by atoms with Gasteiger partial charge >= 0.3 is 6.01 Å². The van der Waals surface area contributed by atoms with Gasteiger partial charge in [-0.25, -0.2) is 13.2 Å². The van der Waals surface area contributed by atoms with E-state index in [1.165, 1.54) is 12.1 Å². The van der Waals surface area contributed by atoms with E-state index in [1.54, 1.807) is 6.92 Å². The minimum Gasteiger partial charge on any atom is -0.489 e. The van der Waals surface area contributed by atoms with Crippen LogP contribution in [-0.4, -0.2) is 76.2 Å². The Morgan fingerprint density at radius 3 is 2.83 bits per heavy atom. The quantitative estimate of drug-likeness (QED) is 0.253. The molecule has 4 aromatic rings. The lowest BCUT2D eigenvalue weighted by Gasteiger charge is -2.32. The van der Waals surface area contributed by atoms with Crippen LogP contribution in [0.1, 0.15) is 51.0 Å². The molecule has 0 saturated carbocycles. The standard InChI is InChI=1S/C33H32ClF3N6O3S/c1-32(44)6-2-9-43-17(11-32)14-45-27-23-26(40-31(41-30(23)43)46-15-33-7-3-8-42(33)13-16(35)10-33)25(37)22(24(27)34)18-4-5-20(36)28-21(18)19(12-38)29(39)47-28/h4-5,16-17,44H,2-3,6-11,13-15,39H2,1H3/t16-,17?,32?,33+/m1/s1. The molecule has 3 fully saturated rings. The van der Waals surface area contributed by atoms with Crippen molar-refractivity contribution in [2.75, 3.05) is 43.5 Å². The highest BCUT2D eigenvalue weighted by Crippen LogP contribution is 2.52. The Labute approximate surface area is 277 Å². The molecule has 0 bridgehead atoms. The van der Waals surface area contributed by atoms with Crippen molar-refractivity contribution in [2.24, 2.45) is 0 Å². The number of hydrogen-bond donors (Lipinski definition) is 2. The first kappa shape index (κ1) is 30.7. The Balaban J connectivity index is 1.35. The molecular weight excluding hydrogens is 653 g/mol. The van der Waals surface area contributed by atoms with Crippen molar-refractivity contribution in [1.82, 2.24) is 14.9 Å². The molecule has 0 radical (unpaired) electrons. The minimum atomic E-state index is -0.965. The summed E-state index contributed by atoms with van der Waals surface area (Å²) in [5.41, 5.74) is 4.59. The van der Waals surface area contributed by atoms with Crippen LogP contribution in [0.25, 0.3) is 32.1 Å². The second kappa shape index (κ2) is 11.0. The second-order valence-corrected chi connectivity index (χ2v) is 14.9. The molecule has 47 heavy (non-hydrogen) atoms. The third-order valence-electron chi connectivity index (χ3n) is 10.3. The zero-order valence-electron chi connectivity index (χ0n) is 25.6. The van der Waals surface area contributed by atoms with E-state index >= 15 is 4.39 Å². The summed E-state index contributed by atoms with van der Waals surface area (Å²) >= 11 is 7.93. The van der Waals surface area contributed by atoms with Crippen LogP contribution < -0.4 is 20.1 Å². The third-order valence-corrected chi connectivity index (χ3v) is 11.7. The molecule has 8 rings (SSSR count). The molecule has 3 saturated heterocycles. The van der Waals surface area contributed by atoms with Crippen LogP contribution in [0, 0.1) is 23.0 Å². The number of halogens is 4. The van der Waals surface area contributed by atoms with Crippen molar-refractivity contribution in [3.63, 3.8) is 0 Å². The summed E-state index contributed by atoms with van der Waals surface area (Å²) in [7, 11) is 0. The van der Waals surface area contributed by atoms with Gasteiger partial charge in [0.2, 0.25) is 0 Å². The Bertz CT molecular complexity index is 2000. The Kier molecular flexibility index (Phi) is 7.18. The van der Waals surface area contributed by atoms with Crippen molar-refractivity contribution >= 4 is 54.7 Å². The van der Waals surface area contributed by atoms with Crippen LogP contribution in [0.2, 0.25) is 5.02 Å². The van der Waals surface area contributed by atoms with Crippen molar-refractivity contribution in [2.45, 2.75) is 68.8 Å². The van der Waals surface area contributed by atoms with Gasteiger partial charge in [0.15, 0.2) is 11.6 Å². The summed E-state index contributed by atoms with van der Waals surface area (Å²) in [6.07, 6.45) is 2.66. The molecule has 14 heteroatoms. The summed E-state index contributed by atoms with van der Waals surface area (Å²) in [5, 5.41) is 21.4. The highest BCUT2D eigenvalue weighted by molar-refractivity contribution is 7.23. The van der Waals surface area contributed by atoms with Gasteiger partial charge in [-0.15, -0.1) is 11.3 Å². The highest BCUT2D eigenvalue weighted by atomic mass is 35.5. The molecule has 246 valence electrons. The van der Waals surface area contributed by atoms with Gasteiger partial charge in [-0.1, -0.05) is 17.7 Å². The molecule has 2 aromatic carbocycles. The lowest BCUT2D eigenvalue weighted by atomic mass is 9.94.